The van der Waals surface area contributed by atoms with Crippen molar-refractivity contribution in [2.75, 3.05) is 6.66 Å². The van der Waals surface area contributed by atoms with Crippen LogP contribution in [0.3, 0.4) is 0 Å². The first-order valence-electron chi connectivity index (χ1n) is 2.40. The van der Waals surface area contributed by atoms with Crippen molar-refractivity contribution < 1.29 is 9.46 Å². The Labute approximate surface area is 52.7 Å². The zero-order valence-electron chi connectivity index (χ0n) is 4.93. The third-order valence-electron chi connectivity index (χ3n) is 0.919. The number of aromatic nitrogens is 2. The first kappa shape index (κ1) is 6.52. The summed E-state index contributed by atoms with van der Waals surface area (Å²) >= 11 is 0. The van der Waals surface area contributed by atoms with Crippen LogP contribution < -0.4 is 0 Å². The van der Waals surface area contributed by atoms with Gasteiger partial charge in [0.1, 0.15) is 6.33 Å². The summed E-state index contributed by atoms with van der Waals surface area (Å²) in [6.45, 7) is 1.26. The van der Waals surface area contributed by atoms with E-state index in [1.54, 1.807) is 0 Å². The minimum atomic E-state index is -3.12. The second kappa shape index (κ2) is 1.97. The van der Waals surface area contributed by atoms with Gasteiger partial charge >= 0.3 is 0 Å². The van der Waals surface area contributed by atoms with Crippen molar-refractivity contribution in [3.63, 3.8) is 0 Å². The maximum absolute atomic E-state index is 10.8. The molecule has 1 atom stereocenters. The highest BCUT2D eigenvalue weighted by Crippen LogP contribution is 2.36. The van der Waals surface area contributed by atoms with E-state index in [0.717, 1.165) is 0 Å². The van der Waals surface area contributed by atoms with E-state index in [1.807, 2.05) is 0 Å². The summed E-state index contributed by atoms with van der Waals surface area (Å²) in [6, 6.07) is 0. The maximum atomic E-state index is 10.8. The summed E-state index contributed by atoms with van der Waals surface area (Å²) in [5.74, 6) is 0. The Kier molecular flexibility index (Phi) is 1.43. The van der Waals surface area contributed by atoms with E-state index in [1.165, 1.54) is 29.7 Å². The zero-order valence-corrected chi connectivity index (χ0v) is 5.82. The van der Waals surface area contributed by atoms with E-state index < -0.39 is 7.52 Å². The molecule has 0 fully saturated rings. The molecule has 1 unspecified atom stereocenters. The van der Waals surface area contributed by atoms with Crippen LogP contribution in [0.15, 0.2) is 18.7 Å². The minimum absolute atomic E-state index is 1.19. The van der Waals surface area contributed by atoms with Crippen LogP contribution in [0.25, 0.3) is 0 Å². The number of rotatable bonds is 1. The quantitative estimate of drug-likeness (QED) is 0.588. The Balaban J connectivity index is 3.04. The van der Waals surface area contributed by atoms with Crippen LogP contribution in [0.1, 0.15) is 0 Å². The van der Waals surface area contributed by atoms with Gasteiger partial charge in [-0.1, -0.05) is 0 Å². The van der Waals surface area contributed by atoms with E-state index in [-0.39, 0.29) is 0 Å². The predicted octanol–water partition coefficient (Wildman–Crippen LogP) is 0.546. The second-order valence-corrected chi connectivity index (χ2v) is 3.91. The largest absolute Gasteiger partial charge is 0.329 e. The molecule has 0 spiro atoms. The molecule has 0 radical (unpaired) electrons. The number of hydrogen-bond donors (Lipinski definition) is 1. The van der Waals surface area contributed by atoms with Crippen molar-refractivity contribution in [3.8, 4) is 0 Å². The molecule has 0 amide bonds. The molecule has 50 valence electrons. The lowest BCUT2D eigenvalue weighted by Gasteiger charge is -2.03. The van der Waals surface area contributed by atoms with Gasteiger partial charge in [-0.25, -0.2) is 4.98 Å². The summed E-state index contributed by atoms with van der Waals surface area (Å²) < 4.78 is 11.9. The smallest absolute Gasteiger partial charge is 0.295 e. The minimum Gasteiger partial charge on any atom is -0.329 e. The monoisotopic (exact) mass is 146 g/mol. The summed E-state index contributed by atoms with van der Waals surface area (Å²) in [5, 5.41) is 0. The van der Waals surface area contributed by atoms with Gasteiger partial charge in [-0.3, -0.25) is 8.90 Å². The van der Waals surface area contributed by atoms with Crippen molar-refractivity contribution in [1.82, 2.24) is 9.32 Å². The lowest BCUT2D eigenvalue weighted by atomic mass is 11.0. The average molecular weight is 146 g/mol. The van der Waals surface area contributed by atoms with Crippen LogP contribution >= 0.6 is 7.52 Å². The molecule has 1 heterocycles. The van der Waals surface area contributed by atoms with Gasteiger partial charge in [-0.05, 0) is 0 Å². The zero-order chi connectivity index (χ0) is 6.91. The molecule has 0 aromatic carbocycles. The van der Waals surface area contributed by atoms with Crippen molar-refractivity contribution in [3.05, 3.63) is 18.7 Å². The van der Waals surface area contributed by atoms with Crippen LogP contribution in [0, 0.1) is 0 Å². The first-order valence-corrected chi connectivity index (χ1v) is 4.46. The number of hydrogen-bond acceptors (Lipinski definition) is 2. The third kappa shape index (κ3) is 1.40. The molecule has 0 bridgehead atoms. The third-order valence-corrected chi connectivity index (χ3v) is 2.01. The van der Waals surface area contributed by atoms with Gasteiger partial charge in [0.05, 0.1) is 0 Å². The Hall–Kier alpha value is -0.600. The standard InChI is InChI=1S/C4H7N2O2P/c1-9(7,8)6-3-2-5-4-6/h2-4H,1H3,(H,7,8). The van der Waals surface area contributed by atoms with Crippen LogP contribution in [-0.2, 0) is 4.57 Å². The maximum Gasteiger partial charge on any atom is 0.295 e. The highest BCUT2D eigenvalue weighted by atomic mass is 31.2. The van der Waals surface area contributed by atoms with Gasteiger partial charge < -0.3 is 4.89 Å². The molecule has 1 aromatic heterocycles. The molecular weight excluding hydrogens is 139 g/mol. The van der Waals surface area contributed by atoms with E-state index in [9.17, 15) is 4.57 Å². The fourth-order valence-electron chi connectivity index (χ4n) is 0.472. The molecule has 0 saturated carbocycles. The lowest BCUT2D eigenvalue weighted by molar-refractivity contribution is 0.474. The first-order chi connectivity index (χ1) is 4.11. The van der Waals surface area contributed by atoms with E-state index >= 15 is 0 Å². The Morgan fingerprint density at radius 1 is 1.78 bits per heavy atom. The van der Waals surface area contributed by atoms with E-state index in [4.69, 9.17) is 4.89 Å². The fraction of sp³-hybridized carbons (Fsp3) is 0.250. The van der Waals surface area contributed by atoms with Crippen molar-refractivity contribution in [1.29, 1.82) is 0 Å². The Morgan fingerprint density at radius 2 is 2.44 bits per heavy atom. The molecule has 0 aliphatic carbocycles. The summed E-state index contributed by atoms with van der Waals surface area (Å²) in [5.41, 5.74) is 0. The van der Waals surface area contributed by atoms with Gasteiger partial charge in [0, 0.05) is 19.1 Å². The predicted molar refractivity (Wildman–Crippen MR) is 33.4 cm³/mol. The van der Waals surface area contributed by atoms with Gasteiger partial charge in [0.2, 0.25) is 0 Å². The summed E-state index contributed by atoms with van der Waals surface area (Å²) in [6.07, 6.45) is 4.24. The fourth-order valence-corrected chi connectivity index (χ4v) is 1.03. The van der Waals surface area contributed by atoms with Gasteiger partial charge in [0.15, 0.2) is 0 Å². The van der Waals surface area contributed by atoms with E-state index in [2.05, 4.69) is 4.98 Å². The topological polar surface area (TPSA) is 55.1 Å². The van der Waals surface area contributed by atoms with Crippen LogP contribution in [0.2, 0.25) is 0 Å². The van der Waals surface area contributed by atoms with Crippen molar-refractivity contribution in [2.45, 2.75) is 0 Å². The molecule has 0 saturated heterocycles. The van der Waals surface area contributed by atoms with Crippen LogP contribution in [0.4, 0.5) is 0 Å². The van der Waals surface area contributed by atoms with E-state index in [0.29, 0.717) is 0 Å². The highest BCUT2D eigenvalue weighted by Gasteiger charge is 2.09. The van der Waals surface area contributed by atoms with Crippen molar-refractivity contribution in [2.24, 2.45) is 0 Å². The SMILES string of the molecule is CP(=O)(O)n1ccnc1. The molecule has 1 aromatic rings. The van der Waals surface area contributed by atoms with Crippen molar-refractivity contribution >= 4 is 7.52 Å². The van der Waals surface area contributed by atoms with Crippen LogP contribution in [0.5, 0.6) is 0 Å². The Morgan fingerprint density at radius 3 is 2.67 bits per heavy atom. The Bertz CT molecular complexity index is 225. The summed E-state index contributed by atoms with van der Waals surface area (Å²) in [7, 11) is -3.12. The number of imidazole rings is 1. The highest BCUT2D eigenvalue weighted by molar-refractivity contribution is 7.55. The van der Waals surface area contributed by atoms with Gasteiger partial charge in [-0.15, -0.1) is 0 Å². The normalized spacial score (nSPS) is 17.1. The molecule has 5 heteroatoms. The molecule has 0 aliphatic heterocycles. The molecular formula is C4H7N2O2P. The van der Waals surface area contributed by atoms with Crippen LogP contribution in [-0.4, -0.2) is 20.9 Å². The lowest BCUT2D eigenvalue weighted by Crippen LogP contribution is -1.88. The van der Waals surface area contributed by atoms with Gasteiger partial charge in [0.25, 0.3) is 7.52 Å². The van der Waals surface area contributed by atoms with Gasteiger partial charge in [-0.2, -0.15) is 0 Å². The molecule has 4 nitrogen and oxygen atoms in total. The second-order valence-electron chi connectivity index (χ2n) is 1.78. The number of nitrogens with zero attached hydrogens (tertiary/aromatic N) is 2. The molecule has 9 heavy (non-hydrogen) atoms. The average Bonchev–Trinajstić information content (AvgIpc) is 2.08. The molecule has 1 N–H and O–H groups in total. The molecule has 0 aliphatic rings. The summed E-state index contributed by atoms with van der Waals surface area (Å²) in [4.78, 5) is 12.5. The molecule has 1 rings (SSSR count).